The zero-order valence-corrected chi connectivity index (χ0v) is 12.9. The predicted octanol–water partition coefficient (Wildman–Crippen LogP) is 5.47. The smallest absolute Gasteiger partial charge is 0.126 e. The van der Waals surface area contributed by atoms with Crippen LogP contribution in [-0.2, 0) is 6.42 Å². The standard InChI is InChI=1S/C14H17Br2F/c15-12-4-2-1-3-10(8-12)7-11-9-13(16)5-6-14(11)17/h5-6,9-10,12H,1-4,7-8H2. The zero-order chi connectivity index (χ0) is 12.3. The summed E-state index contributed by atoms with van der Waals surface area (Å²) in [4.78, 5) is 0.616. The fourth-order valence-electron chi connectivity index (χ4n) is 2.59. The third kappa shape index (κ3) is 4.06. The van der Waals surface area contributed by atoms with Gasteiger partial charge in [-0.3, -0.25) is 0 Å². The van der Waals surface area contributed by atoms with Gasteiger partial charge in [-0.25, -0.2) is 4.39 Å². The summed E-state index contributed by atoms with van der Waals surface area (Å²) in [5.41, 5.74) is 0.853. The van der Waals surface area contributed by atoms with Gasteiger partial charge in [0.1, 0.15) is 5.82 Å². The Morgan fingerprint density at radius 2 is 2.00 bits per heavy atom. The van der Waals surface area contributed by atoms with Gasteiger partial charge in [0.15, 0.2) is 0 Å². The summed E-state index contributed by atoms with van der Waals surface area (Å²) in [6.07, 6.45) is 7.11. The molecule has 1 aromatic rings. The molecule has 1 fully saturated rings. The highest BCUT2D eigenvalue weighted by molar-refractivity contribution is 9.10. The van der Waals surface area contributed by atoms with Crippen molar-refractivity contribution in [3.05, 3.63) is 34.1 Å². The second-order valence-corrected chi connectivity index (χ2v) is 7.13. The lowest BCUT2D eigenvalue weighted by Crippen LogP contribution is -2.09. The minimum absolute atomic E-state index is 0.0661. The first-order valence-electron chi connectivity index (χ1n) is 6.23. The van der Waals surface area contributed by atoms with Gasteiger partial charge in [0, 0.05) is 9.30 Å². The van der Waals surface area contributed by atoms with E-state index >= 15 is 0 Å². The van der Waals surface area contributed by atoms with E-state index in [1.807, 2.05) is 6.07 Å². The molecule has 2 unspecified atom stereocenters. The second kappa shape index (κ2) is 6.33. The summed E-state index contributed by atoms with van der Waals surface area (Å²) in [5, 5.41) is 0. The summed E-state index contributed by atoms with van der Waals surface area (Å²) >= 11 is 7.13. The van der Waals surface area contributed by atoms with E-state index in [0.717, 1.165) is 16.5 Å². The summed E-state index contributed by atoms with van der Waals surface area (Å²) < 4.78 is 14.7. The monoisotopic (exact) mass is 362 g/mol. The lowest BCUT2D eigenvalue weighted by Gasteiger charge is -2.16. The number of benzene rings is 1. The van der Waals surface area contributed by atoms with Gasteiger partial charge in [0.2, 0.25) is 0 Å². The summed E-state index contributed by atoms with van der Waals surface area (Å²) in [7, 11) is 0. The Balaban J connectivity index is 2.06. The molecule has 0 radical (unpaired) electrons. The average Bonchev–Trinajstić information content (AvgIpc) is 2.48. The lowest BCUT2D eigenvalue weighted by atomic mass is 9.92. The van der Waals surface area contributed by atoms with Gasteiger partial charge >= 0.3 is 0 Å². The summed E-state index contributed by atoms with van der Waals surface area (Å²) in [6, 6.07) is 5.24. The lowest BCUT2D eigenvalue weighted by molar-refractivity contribution is 0.453. The molecule has 0 spiro atoms. The molecular formula is C14H17Br2F. The van der Waals surface area contributed by atoms with Gasteiger partial charge in [-0.05, 0) is 48.9 Å². The number of hydrogen-bond donors (Lipinski definition) is 0. The summed E-state index contributed by atoms with van der Waals surface area (Å²) in [5.74, 6) is 0.550. The molecule has 0 bridgehead atoms. The van der Waals surface area contributed by atoms with Gasteiger partial charge in [-0.15, -0.1) is 0 Å². The fraction of sp³-hybridized carbons (Fsp3) is 0.571. The fourth-order valence-corrected chi connectivity index (χ4v) is 3.85. The third-order valence-corrected chi connectivity index (χ3v) is 4.81. The van der Waals surface area contributed by atoms with Crippen LogP contribution in [0.15, 0.2) is 22.7 Å². The molecule has 1 aliphatic rings. The van der Waals surface area contributed by atoms with Crippen LogP contribution in [0.5, 0.6) is 0 Å². The van der Waals surface area contributed by atoms with Crippen molar-refractivity contribution in [1.82, 2.24) is 0 Å². The number of rotatable bonds is 2. The quantitative estimate of drug-likeness (QED) is 0.482. The van der Waals surface area contributed by atoms with Crippen molar-refractivity contribution in [2.75, 3.05) is 0 Å². The van der Waals surface area contributed by atoms with E-state index in [4.69, 9.17) is 0 Å². The Labute approximate surface area is 119 Å². The highest BCUT2D eigenvalue weighted by Gasteiger charge is 2.19. The molecule has 3 heteroatoms. The van der Waals surface area contributed by atoms with E-state index in [0.29, 0.717) is 10.7 Å². The molecule has 1 aliphatic carbocycles. The van der Waals surface area contributed by atoms with E-state index in [2.05, 4.69) is 31.9 Å². The van der Waals surface area contributed by atoms with Crippen molar-refractivity contribution < 1.29 is 4.39 Å². The maximum atomic E-state index is 13.7. The molecule has 0 saturated heterocycles. The Morgan fingerprint density at radius 3 is 2.82 bits per heavy atom. The molecule has 0 aromatic heterocycles. The van der Waals surface area contributed by atoms with Gasteiger partial charge in [0.25, 0.3) is 0 Å². The molecule has 0 heterocycles. The molecule has 17 heavy (non-hydrogen) atoms. The number of hydrogen-bond acceptors (Lipinski definition) is 0. The molecule has 0 nitrogen and oxygen atoms in total. The maximum absolute atomic E-state index is 13.7. The highest BCUT2D eigenvalue weighted by Crippen LogP contribution is 2.31. The first kappa shape index (κ1) is 13.5. The van der Waals surface area contributed by atoms with Crippen molar-refractivity contribution in [1.29, 1.82) is 0 Å². The van der Waals surface area contributed by atoms with Gasteiger partial charge < -0.3 is 0 Å². The SMILES string of the molecule is Fc1ccc(Br)cc1CC1CCCCC(Br)C1. The molecule has 1 aromatic carbocycles. The van der Waals surface area contributed by atoms with E-state index < -0.39 is 0 Å². The van der Waals surface area contributed by atoms with Crippen molar-refractivity contribution in [2.45, 2.75) is 43.4 Å². The van der Waals surface area contributed by atoms with Crippen LogP contribution in [0, 0.1) is 11.7 Å². The molecule has 2 rings (SSSR count). The minimum Gasteiger partial charge on any atom is -0.207 e. The van der Waals surface area contributed by atoms with E-state index in [9.17, 15) is 4.39 Å². The van der Waals surface area contributed by atoms with Crippen LogP contribution in [0.2, 0.25) is 0 Å². The second-order valence-electron chi connectivity index (χ2n) is 4.92. The molecule has 0 amide bonds. The maximum Gasteiger partial charge on any atom is 0.126 e. The topological polar surface area (TPSA) is 0 Å². The Kier molecular flexibility index (Phi) is 5.04. The van der Waals surface area contributed by atoms with Crippen molar-refractivity contribution in [3.8, 4) is 0 Å². The van der Waals surface area contributed by atoms with Crippen molar-refractivity contribution in [2.24, 2.45) is 5.92 Å². The Morgan fingerprint density at radius 1 is 1.24 bits per heavy atom. The predicted molar refractivity (Wildman–Crippen MR) is 77.1 cm³/mol. The zero-order valence-electron chi connectivity index (χ0n) is 9.76. The van der Waals surface area contributed by atoms with Crippen LogP contribution in [0.3, 0.4) is 0 Å². The molecular weight excluding hydrogens is 347 g/mol. The number of halogens is 3. The average molecular weight is 364 g/mol. The largest absolute Gasteiger partial charge is 0.207 e. The van der Waals surface area contributed by atoms with E-state index in [1.54, 1.807) is 12.1 Å². The van der Waals surface area contributed by atoms with Crippen LogP contribution in [0.4, 0.5) is 4.39 Å². The Hall–Kier alpha value is 0.110. The van der Waals surface area contributed by atoms with Crippen LogP contribution >= 0.6 is 31.9 Å². The molecule has 1 saturated carbocycles. The van der Waals surface area contributed by atoms with Crippen molar-refractivity contribution >= 4 is 31.9 Å². The van der Waals surface area contributed by atoms with Gasteiger partial charge in [-0.1, -0.05) is 51.1 Å². The van der Waals surface area contributed by atoms with Crippen molar-refractivity contribution in [3.63, 3.8) is 0 Å². The van der Waals surface area contributed by atoms with E-state index in [1.165, 1.54) is 32.1 Å². The Bertz CT molecular complexity index is 378. The van der Waals surface area contributed by atoms with Crippen LogP contribution in [0.1, 0.15) is 37.7 Å². The van der Waals surface area contributed by atoms with E-state index in [-0.39, 0.29) is 5.82 Å². The minimum atomic E-state index is -0.0661. The van der Waals surface area contributed by atoms with Crippen LogP contribution in [-0.4, -0.2) is 4.83 Å². The molecule has 94 valence electrons. The summed E-state index contributed by atoms with van der Waals surface area (Å²) in [6.45, 7) is 0. The highest BCUT2D eigenvalue weighted by atomic mass is 79.9. The van der Waals surface area contributed by atoms with Crippen LogP contribution < -0.4 is 0 Å². The normalized spacial score (nSPS) is 25.6. The molecule has 2 atom stereocenters. The van der Waals surface area contributed by atoms with Gasteiger partial charge in [-0.2, -0.15) is 0 Å². The first-order valence-corrected chi connectivity index (χ1v) is 7.94. The van der Waals surface area contributed by atoms with Crippen LogP contribution in [0.25, 0.3) is 0 Å². The first-order chi connectivity index (χ1) is 8.15. The molecule has 0 N–H and O–H groups in total. The number of alkyl halides is 1. The third-order valence-electron chi connectivity index (χ3n) is 3.49. The molecule has 0 aliphatic heterocycles. The van der Waals surface area contributed by atoms with Gasteiger partial charge in [0.05, 0.1) is 0 Å².